The number of hydrogen-bond acceptors (Lipinski definition) is 5. The molecule has 2 N–H and O–H groups in total. The summed E-state index contributed by atoms with van der Waals surface area (Å²) < 4.78 is 32.1. The lowest BCUT2D eigenvalue weighted by atomic mass is 10.2. The van der Waals surface area contributed by atoms with Crippen LogP contribution >= 0.6 is 0 Å². The van der Waals surface area contributed by atoms with Crippen LogP contribution in [0.1, 0.15) is 6.92 Å². The van der Waals surface area contributed by atoms with Crippen LogP contribution in [0.4, 0.5) is 4.79 Å². The second kappa shape index (κ2) is 7.83. The highest BCUT2D eigenvalue weighted by molar-refractivity contribution is 7.89. The number of hydrogen-bond donors (Lipinski definition) is 2. The summed E-state index contributed by atoms with van der Waals surface area (Å²) in [6.45, 7) is 4.32. The molecule has 1 aromatic rings. The van der Waals surface area contributed by atoms with Gasteiger partial charge in [-0.25, -0.2) is 13.2 Å². The first-order valence-electron chi connectivity index (χ1n) is 8.92. The molecule has 2 fully saturated rings. The lowest BCUT2D eigenvalue weighted by Crippen LogP contribution is -3.19. The summed E-state index contributed by atoms with van der Waals surface area (Å²) in [4.78, 5) is 26.6. The number of nitrogens with zero attached hydrogens (tertiary/aromatic N) is 2. The first-order valence-corrected chi connectivity index (χ1v) is 10.4. The predicted molar refractivity (Wildman–Crippen MR) is 97.0 cm³/mol. The molecule has 0 radical (unpaired) electrons. The van der Waals surface area contributed by atoms with Crippen LogP contribution in [0.25, 0.3) is 0 Å². The molecule has 148 valence electrons. The SMILES string of the molecule is COc1ccc(S(=O)(=O)N2CC[NH+]([C@H](C)C(=O)N3CCNC3=O)CC2)cc1. The maximum atomic E-state index is 12.8. The van der Waals surface area contributed by atoms with Crippen LogP contribution in [0, 0.1) is 0 Å². The maximum Gasteiger partial charge on any atom is 0.324 e. The molecule has 0 aliphatic carbocycles. The van der Waals surface area contributed by atoms with Crippen molar-refractivity contribution < 1.29 is 27.6 Å². The van der Waals surface area contributed by atoms with Gasteiger partial charge >= 0.3 is 6.03 Å². The molecule has 3 amide bonds. The standard InChI is InChI=1S/C17H24N4O5S/c1-13(16(22)21-8-7-18-17(21)23)19-9-11-20(12-10-19)27(24,25)15-5-3-14(26-2)4-6-15/h3-6,13H,7-12H2,1-2H3,(H,18,23)/p+1/t13-/m1/s1. The number of imide groups is 1. The first kappa shape index (κ1) is 19.6. The molecule has 27 heavy (non-hydrogen) atoms. The average molecular weight is 397 g/mol. The van der Waals surface area contributed by atoms with Crippen molar-refractivity contribution in [1.82, 2.24) is 14.5 Å². The molecule has 1 aromatic carbocycles. The van der Waals surface area contributed by atoms with Crippen molar-refractivity contribution in [1.29, 1.82) is 0 Å². The van der Waals surface area contributed by atoms with Crippen molar-refractivity contribution in [3.63, 3.8) is 0 Å². The molecule has 2 aliphatic rings. The average Bonchev–Trinajstić information content (AvgIpc) is 3.12. The van der Waals surface area contributed by atoms with E-state index in [0.29, 0.717) is 45.0 Å². The van der Waals surface area contributed by atoms with Gasteiger partial charge in [0.2, 0.25) is 10.0 Å². The molecular formula is C17H25N4O5S+. The molecule has 2 aliphatic heterocycles. The molecule has 10 heteroatoms. The number of ether oxygens (including phenoxy) is 1. The molecule has 2 heterocycles. The highest BCUT2D eigenvalue weighted by Gasteiger charge is 2.38. The molecule has 0 unspecified atom stereocenters. The van der Waals surface area contributed by atoms with Crippen LogP contribution in [0.5, 0.6) is 5.75 Å². The van der Waals surface area contributed by atoms with Gasteiger partial charge in [-0.1, -0.05) is 0 Å². The minimum Gasteiger partial charge on any atom is -0.497 e. The van der Waals surface area contributed by atoms with Gasteiger partial charge in [0.1, 0.15) is 5.75 Å². The zero-order valence-corrected chi connectivity index (χ0v) is 16.3. The van der Waals surface area contributed by atoms with Crippen molar-refractivity contribution in [2.24, 2.45) is 0 Å². The van der Waals surface area contributed by atoms with Gasteiger partial charge in [-0.3, -0.25) is 9.69 Å². The number of benzene rings is 1. The van der Waals surface area contributed by atoms with Gasteiger partial charge in [-0.2, -0.15) is 4.31 Å². The van der Waals surface area contributed by atoms with Gasteiger partial charge in [-0.15, -0.1) is 0 Å². The van der Waals surface area contributed by atoms with Crippen molar-refractivity contribution in [2.45, 2.75) is 17.9 Å². The second-order valence-corrected chi connectivity index (χ2v) is 8.62. The number of amides is 3. The second-order valence-electron chi connectivity index (χ2n) is 6.68. The van der Waals surface area contributed by atoms with Crippen molar-refractivity contribution in [2.75, 3.05) is 46.4 Å². The van der Waals surface area contributed by atoms with Crippen molar-refractivity contribution in [3.05, 3.63) is 24.3 Å². The Hall–Kier alpha value is -2.17. The molecule has 9 nitrogen and oxygen atoms in total. The van der Waals surface area contributed by atoms with E-state index >= 15 is 0 Å². The van der Waals surface area contributed by atoms with E-state index in [1.54, 1.807) is 19.1 Å². The summed E-state index contributed by atoms with van der Waals surface area (Å²) in [5, 5.41) is 2.62. The van der Waals surface area contributed by atoms with Crippen molar-refractivity contribution >= 4 is 22.0 Å². The molecule has 3 rings (SSSR count). The Balaban J connectivity index is 1.62. The Kier molecular flexibility index (Phi) is 5.68. The third-order valence-electron chi connectivity index (χ3n) is 5.17. The largest absolute Gasteiger partial charge is 0.497 e. The maximum absolute atomic E-state index is 12.8. The number of carbonyl (C=O) groups is 2. The fourth-order valence-corrected chi connectivity index (χ4v) is 4.88. The highest BCUT2D eigenvalue weighted by Crippen LogP contribution is 2.19. The summed E-state index contributed by atoms with van der Waals surface area (Å²) in [6, 6.07) is 5.57. The number of piperazine rings is 1. The summed E-state index contributed by atoms with van der Waals surface area (Å²) in [5.41, 5.74) is 0. The molecule has 0 spiro atoms. The van der Waals surface area contributed by atoms with E-state index in [4.69, 9.17) is 4.74 Å². The number of methoxy groups -OCH3 is 1. The molecule has 0 aromatic heterocycles. The fraction of sp³-hybridized carbons (Fsp3) is 0.529. The minimum absolute atomic E-state index is 0.216. The van der Waals surface area contributed by atoms with E-state index in [1.165, 1.54) is 28.4 Å². The van der Waals surface area contributed by atoms with E-state index in [0.717, 1.165) is 4.90 Å². The molecule has 0 bridgehead atoms. The van der Waals surface area contributed by atoms with Gasteiger partial charge in [0, 0.05) is 13.1 Å². The number of nitrogens with one attached hydrogen (secondary N) is 2. The summed E-state index contributed by atoms with van der Waals surface area (Å²) in [5.74, 6) is 0.382. The topological polar surface area (TPSA) is 100 Å². The number of urea groups is 1. The Morgan fingerprint density at radius 1 is 1.19 bits per heavy atom. The quantitative estimate of drug-likeness (QED) is 0.632. The van der Waals surface area contributed by atoms with E-state index in [-0.39, 0.29) is 22.9 Å². The smallest absolute Gasteiger partial charge is 0.324 e. The van der Waals surface area contributed by atoms with Gasteiger partial charge in [0.15, 0.2) is 6.04 Å². The number of quaternary nitrogens is 1. The van der Waals surface area contributed by atoms with E-state index in [9.17, 15) is 18.0 Å². The van der Waals surface area contributed by atoms with Gasteiger partial charge < -0.3 is 15.0 Å². The van der Waals surface area contributed by atoms with Crippen LogP contribution < -0.4 is 15.0 Å². The van der Waals surface area contributed by atoms with Gasteiger partial charge in [0.05, 0.1) is 38.2 Å². The Labute approximate surface area is 158 Å². The van der Waals surface area contributed by atoms with Crippen LogP contribution in [-0.2, 0) is 14.8 Å². The van der Waals surface area contributed by atoms with E-state index < -0.39 is 10.0 Å². The fourth-order valence-electron chi connectivity index (χ4n) is 3.43. The zero-order valence-electron chi connectivity index (χ0n) is 15.5. The Bertz CT molecular complexity index is 803. The predicted octanol–water partition coefficient (Wildman–Crippen LogP) is -1.48. The number of carbonyl (C=O) groups excluding carboxylic acids is 2. The monoisotopic (exact) mass is 397 g/mol. The van der Waals surface area contributed by atoms with E-state index in [2.05, 4.69) is 5.32 Å². The number of rotatable bonds is 5. The van der Waals surface area contributed by atoms with E-state index in [1.807, 2.05) is 0 Å². The molecule has 2 saturated heterocycles. The highest BCUT2D eigenvalue weighted by atomic mass is 32.2. The zero-order chi connectivity index (χ0) is 19.6. The van der Waals surface area contributed by atoms with Crippen LogP contribution in [0.15, 0.2) is 29.2 Å². The summed E-state index contributed by atoms with van der Waals surface area (Å²) in [7, 11) is -2.05. The summed E-state index contributed by atoms with van der Waals surface area (Å²) >= 11 is 0. The van der Waals surface area contributed by atoms with Crippen LogP contribution in [-0.4, -0.2) is 82.0 Å². The lowest BCUT2D eigenvalue weighted by Gasteiger charge is -2.34. The number of sulfonamides is 1. The minimum atomic E-state index is -3.58. The van der Waals surface area contributed by atoms with Crippen LogP contribution in [0.2, 0.25) is 0 Å². The van der Waals surface area contributed by atoms with Crippen molar-refractivity contribution in [3.8, 4) is 5.75 Å². The summed E-state index contributed by atoms with van der Waals surface area (Å²) in [6.07, 6.45) is 0. The normalized spacial score (nSPS) is 20.4. The lowest BCUT2D eigenvalue weighted by molar-refractivity contribution is -0.917. The molecule has 1 atom stereocenters. The first-order chi connectivity index (χ1) is 12.8. The Morgan fingerprint density at radius 3 is 2.33 bits per heavy atom. The third kappa shape index (κ3) is 3.92. The molecular weight excluding hydrogens is 372 g/mol. The van der Waals surface area contributed by atoms with Gasteiger partial charge in [-0.05, 0) is 31.2 Å². The third-order valence-corrected chi connectivity index (χ3v) is 7.08. The Morgan fingerprint density at radius 2 is 1.81 bits per heavy atom. The molecule has 0 saturated carbocycles. The van der Waals surface area contributed by atoms with Crippen LogP contribution in [0.3, 0.4) is 0 Å². The van der Waals surface area contributed by atoms with Gasteiger partial charge in [0.25, 0.3) is 5.91 Å².